The maximum absolute atomic E-state index is 12.6. The van der Waals surface area contributed by atoms with Gasteiger partial charge in [-0.3, -0.25) is 15.1 Å². The Labute approximate surface area is 156 Å². The van der Waals surface area contributed by atoms with Crippen LogP contribution in [-0.2, 0) is 0 Å². The van der Waals surface area contributed by atoms with Gasteiger partial charge in [0.1, 0.15) is 17.5 Å². The molecular weight excluding hydrogens is 366 g/mol. The van der Waals surface area contributed by atoms with Crippen molar-refractivity contribution in [3.8, 4) is 23.3 Å². The zero-order valence-electron chi connectivity index (χ0n) is 13.5. The summed E-state index contributed by atoms with van der Waals surface area (Å²) in [7, 11) is 0. The maximum Gasteiger partial charge on any atom is 0.277 e. The molecule has 0 aliphatic carbocycles. The molecule has 0 fully saturated rings. The van der Waals surface area contributed by atoms with E-state index in [4.69, 9.17) is 5.26 Å². The van der Waals surface area contributed by atoms with E-state index < -0.39 is 5.91 Å². The highest BCUT2D eigenvalue weighted by atomic mass is 32.1. The van der Waals surface area contributed by atoms with Gasteiger partial charge in [0.2, 0.25) is 0 Å². The Morgan fingerprint density at radius 2 is 2.11 bits per heavy atom. The molecule has 4 aromatic rings. The van der Waals surface area contributed by atoms with E-state index in [1.165, 1.54) is 40.8 Å². The van der Waals surface area contributed by atoms with Crippen molar-refractivity contribution in [3.63, 3.8) is 0 Å². The van der Waals surface area contributed by atoms with Crippen LogP contribution < -0.4 is 5.32 Å². The predicted octanol–water partition coefficient (Wildman–Crippen LogP) is 1.70. The Morgan fingerprint density at radius 1 is 1.19 bits per heavy atom. The Hall–Kier alpha value is -4.04. The zero-order chi connectivity index (χ0) is 18.6. The lowest BCUT2D eigenvalue weighted by atomic mass is 10.2. The first kappa shape index (κ1) is 16.4. The van der Waals surface area contributed by atoms with Crippen LogP contribution in [-0.4, -0.2) is 40.8 Å². The summed E-state index contributed by atoms with van der Waals surface area (Å²) in [6, 6.07) is 7.06. The van der Waals surface area contributed by atoms with Crippen LogP contribution in [0.1, 0.15) is 16.2 Å². The van der Waals surface area contributed by atoms with E-state index in [1.54, 1.807) is 23.6 Å². The molecule has 0 atom stereocenters. The minimum Gasteiger partial charge on any atom is -0.296 e. The van der Waals surface area contributed by atoms with Crippen molar-refractivity contribution in [1.29, 1.82) is 5.26 Å². The van der Waals surface area contributed by atoms with Gasteiger partial charge in [-0.15, -0.1) is 16.4 Å². The summed E-state index contributed by atoms with van der Waals surface area (Å²) in [5.41, 5.74) is 1.60. The third-order valence-electron chi connectivity index (χ3n) is 3.40. The molecule has 0 unspecified atom stereocenters. The fourth-order valence-electron chi connectivity index (χ4n) is 2.21. The van der Waals surface area contributed by atoms with Crippen LogP contribution >= 0.6 is 11.3 Å². The molecule has 0 aliphatic rings. The standard InChI is InChI=1S/C16H9N9OS/c17-6-10-2-1-3-11(21-10)12-9-27-16(22-12)23-15(26)13-7-20-24-25(13)14-8-18-4-5-19-14/h1-5,7-9H,(H,22,23,26). The average molecular weight is 375 g/mol. The Morgan fingerprint density at radius 3 is 2.93 bits per heavy atom. The molecule has 10 nitrogen and oxygen atoms in total. The summed E-state index contributed by atoms with van der Waals surface area (Å²) in [6.07, 6.45) is 5.82. The number of amides is 1. The van der Waals surface area contributed by atoms with Gasteiger partial charge in [-0.05, 0) is 12.1 Å². The van der Waals surface area contributed by atoms with Crippen LogP contribution in [0.5, 0.6) is 0 Å². The van der Waals surface area contributed by atoms with E-state index in [1.807, 2.05) is 6.07 Å². The molecule has 27 heavy (non-hydrogen) atoms. The quantitative estimate of drug-likeness (QED) is 0.569. The third-order valence-corrected chi connectivity index (χ3v) is 4.16. The second kappa shape index (κ2) is 7.06. The Balaban J connectivity index is 1.56. The van der Waals surface area contributed by atoms with Crippen molar-refractivity contribution >= 4 is 22.4 Å². The SMILES string of the molecule is N#Cc1cccc(-c2csc(NC(=O)c3cnnn3-c3cnccn3)n2)n1. The van der Waals surface area contributed by atoms with Crippen molar-refractivity contribution in [1.82, 2.24) is 34.9 Å². The van der Waals surface area contributed by atoms with Crippen LogP contribution in [0.15, 0.2) is 48.4 Å². The molecule has 4 rings (SSSR count). The van der Waals surface area contributed by atoms with Crippen LogP contribution in [0.3, 0.4) is 0 Å². The fourth-order valence-corrected chi connectivity index (χ4v) is 2.91. The van der Waals surface area contributed by atoms with E-state index in [-0.39, 0.29) is 5.69 Å². The number of aromatic nitrogens is 7. The van der Waals surface area contributed by atoms with Gasteiger partial charge in [0.25, 0.3) is 5.91 Å². The van der Waals surface area contributed by atoms with Crippen LogP contribution in [0.4, 0.5) is 5.13 Å². The molecule has 0 bridgehead atoms. The highest BCUT2D eigenvalue weighted by molar-refractivity contribution is 7.14. The number of anilines is 1. The molecule has 4 heterocycles. The molecular formula is C16H9N9OS. The topological polar surface area (TPSA) is 135 Å². The Bertz CT molecular complexity index is 1150. The number of pyridine rings is 1. The lowest BCUT2D eigenvalue weighted by Gasteiger charge is -2.04. The average Bonchev–Trinajstić information content (AvgIpc) is 3.38. The van der Waals surface area contributed by atoms with E-state index in [0.29, 0.717) is 28.0 Å². The van der Waals surface area contributed by atoms with Crippen molar-refractivity contribution in [2.45, 2.75) is 0 Å². The first-order valence-electron chi connectivity index (χ1n) is 7.56. The molecule has 0 saturated heterocycles. The number of hydrogen-bond acceptors (Lipinski definition) is 9. The van der Waals surface area contributed by atoms with Gasteiger partial charge in [-0.1, -0.05) is 11.3 Å². The summed E-state index contributed by atoms with van der Waals surface area (Å²) in [6.45, 7) is 0. The molecule has 1 amide bonds. The number of hydrogen-bond donors (Lipinski definition) is 1. The lowest BCUT2D eigenvalue weighted by molar-refractivity contribution is 0.101. The molecule has 11 heteroatoms. The summed E-state index contributed by atoms with van der Waals surface area (Å²) in [5.74, 6) is -0.0669. The second-order valence-corrected chi connectivity index (χ2v) is 5.96. The number of nitriles is 1. The van der Waals surface area contributed by atoms with Crippen LogP contribution in [0.2, 0.25) is 0 Å². The molecule has 0 spiro atoms. The number of nitrogens with zero attached hydrogens (tertiary/aromatic N) is 8. The minimum absolute atomic E-state index is 0.192. The van der Waals surface area contributed by atoms with E-state index in [2.05, 4.69) is 35.6 Å². The summed E-state index contributed by atoms with van der Waals surface area (Å²) in [5, 5.41) is 21.4. The van der Waals surface area contributed by atoms with Gasteiger partial charge in [-0.25, -0.2) is 15.0 Å². The van der Waals surface area contributed by atoms with Gasteiger partial charge >= 0.3 is 0 Å². The van der Waals surface area contributed by atoms with Gasteiger partial charge in [0, 0.05) is 17.8 Å². The largest absolute Gasteiger partial charge is 0.296 e. The fraction of sp³-hybridized carbons (Fsp3) is 0. The summed E-state index contributed by atoms with van der Waals surface area (Å²) in [4.78, 5) is 29.2. The van der Waals surface area contributed by atoms with Crippen LogP contribution in [0, 0.1) is 11.3 Å². The number of rotatable bonds is 4. The monoisotopic (exact) mass is 375 g/mol. The highest BCUT2D eigenvalue weighted by Crippen LogP contribution is 2.24. The van der Waals surface area contributed by atoms with Crippen molar-refractivity contribution in [2.24, 2.45) is 0 Å². The number of thiazole rings is 1. The van der Waals surface area contributed by atoms with Crippen LogP contribution in [0.25, 0.3) is 17.2 Å². The smallest absolute Gasteiger partial charge is 0.277 e. The summed E-state index contributed by atoms with van der Waals surface area (Å²) >= 11 is 1.24. The molecule has 0 aromatic carbocycles. The lowest BCUT2D eigenvalue weighted by Crippen LogP contribution is -2.17. The van der Waals surface area contributed by atoms with Gasteiger partial charge in [0.05, 0.1) is 18.1 Å². The molecule has 0 saturated carbocycles. The molecule has 0 radical (unpaired) electrons. The molecule has 130 valence electrons. The van der Waals surface area contributed by atoms with Gasteiger partial charge in [-0.2, -0.15) is 9.94 Å². The van der Waals surface area contributed by atoms with Gasteiger partial charge in [0.15, 0.2) is 16.6 Å². The first-order chi connectivity index (χ1) is 13.2. The second-order valence-electron chi connectivity index (χ2n) is 5.11. The first-order valence-corrected chi connectivity index (χ1v) is 8.44. The van der Waals surface area contributed by atoms with Gasteiger partial charge < -0.3 is 0 Å². The number of carbonyl (C=O) groups is 1. The third kappa shape index (κ3) is 3.37. The number of nitrogens with one attached hydrogen (secondary N) is 1. The van der Waals surface area contributed by atoms with E-state index in [9.17, 15) is 4.79 Å². The van der Waals surface area contributed by atoms with Crippen molar-refractivity contribution in [3.05, 3.63) is 59.8 Å². The molecule has 4 aromatic heterocycles. The normalized spacial score (nSPS) is 10.3. The maximum atomic E-state index is 12.6. The zero-order valence-corrected chi connectivity index (χ0v) is 14.3. The summed E-state index contributed by atoms with van der Waals surface area (Å²) < 4.78 is 1.29. The minimum atomic E-state index is -0.440. The molecule has 0 aliphatic heterocycles. The van der Waals surface area contributed by atoms with E-state index >= 15 is 0 Å². The van der Waals surface area contributed by atoms with Crippen molar-refractivity contribution in [2.75, 3.05) is 5.32 Å². The Kier molecular flexibility index (Phi) is 4.30. The molecule has 1 N–H and O–H groups in total. The van der Waals surface area contributed by atoms with E-state index in [0.717, 1.165) is 0 Å². The number of carbonyl (C=O) groups excluding carboxylic acids is 1. The predicted molar refractivity (Wildman–Crippen MR) is 95.0 cm³/mol. The van der Waals surface area contributed by atoms with Crippen molar-refractivity contribution < 1.29 is 4.79 Å². The highest BCUT2D eigenvalue weighted by Gasteiger charge is 2.17.